The molecule has 0 spiro atoms. The molecule has 6 heteroatoms. The number of aromatic nitrogens is 3. The van der Waals surface area contributed by atoms with Gasteiger partial charge in [0.2, 0.25) is 0 Å². The van der Waals surface area contributed by atoms with Crippen LogP contribution in [0.2, 0.25) is 0 Å². The standard InChI is InChI=1S/C7H6N4O2/c1-5-8-7-3-2-6(11(12)13)4-10(7)9-5/h2-4H,1H3. The Bertz CT molecular complexity index is 476. The zero-order valence-electron chi connectivity index (χ0n) is 6.84. The number of pyridine rings is 1. The van der Waals surface area contributed by atoms with E-state index >= 15 is 0 Å². The molecule has 0 N–H and O–H groups in total. The molecular weight excluding hydrogens is 172 g/mol. The topological polar surface area (TPSA) is 73.3 Å². The van der Waals surface area contributed by atoms with Crippen molar-refractivity contribution in [1.82, 2.24) is 14.6 Å². The maximum atomic E-state index is 10.4. The van der Waals surface area contributed by atoms with Crippen molar-refractivity contribution < 1.29 is 4.92 Å². The van der Waals surface area contributed by atoms with Crippen LogP contribution in [-0.2, 0) is 0 Å². The van der Waals surface area contributed by atoms with Crippen LogP contribution < -0.4 is 0 Å². The van der Waals surface area contributed by atoms with Gasteiger partial charge in [0.15, 0.2) is 5.65 Å². The van der Waals surface area contributed by atoms with Crippen molar-refractivity contribution >= 4 is 11.3 Å². The molecule has 2 aromatic heterocycles. The van der Waals surface area contributed by atoms with Gasteiger partial charge in [0.05, 0.1) is 4.92 Å². The summed E-state index contributed by atoms with van der Waals surface area (Å²) in [4.78, 5) is 14.0. The first-order chi connectivity index (χ1) is 6.16. The first-order valence-electron chi connectivity index (χ1n) is 3.64. The fraction of sp³-hybridized carbons (Fsp3) is 0.143. The number of nitrogens with zero attached hydrogens (tertiary/aromatic N) is 4. The van der Waals surface area contributed by atoms with Gasteiger partial charge in [-0.15, -0.1) is 0 Å². The van der Waals surface area contributed by atoms with E-state index < -0.39 is 4.92 Å². The van der Waals surface area contributed by atoms with E-state index in [9.17, 15) is 10.1 Å². The fourth-order valence-corrected chi connectivity index (χ4v) is 1.09. The second kappa shape index (κ2) is 2.51. The number of fused-ring (bicyclic) bond motifs is 1. The van der Waals surface area contributed by atoms with Crippen LogP contribution in [0.15, 0.2) is 18.3 Å². The Kier molecular flexibility index (Phi) is 1.48. The maximum absolute atomic E-state index is 10.4. The third kappa shape index (κ3) is 1.22. The summed E-state index contributed by atoms with van der Waals surface area (Å²) >= 11 is 0. The summed E-state index contributed by atoms with van der Waals surface area (Å²) < 4.78 is 1.40. The molecule has 2 heterocycles. The van der Waals surface area contributed by atoms with Crippen molar-refractivity contribution in [2.24, 2.45) is 0 Å². The van der Waals surface area contributed by atoms with Crippen LogP contribution in [0, 0.1) is 17.0 Å². The van der Waals surface area contributed by atoms with Crippen molar-refractivity contribution in [3.05, 3.63) is 34.3 Å². The molecule has 0 saturated carbocycles. The van der Waals surface area contributed by atoms with E-state index in [2.05, 4.69) is 10.1 Å². The van der Waals surface area contributed by atoms with Gasteiger partial charge < -0.3 is 0 Å². The van der Waals surface area contributed by atoms with Crippen LogP contribution in [0.3, 0.4) is 0 Å². The Morgan fingerprint density at radius 2 is 2.31 bits per heavy atom. The number of rotatable bonds is 1. The molecule has 0 aromatic carbocycles. The normalized spacial score (nSPS) is 10.5. The van der Waals surface area contributed by atoms with Crippen molar-refractivity contribution in [2.75, 3.05) is 0 Å². The summed E-state index contributed by atoms with van der Waals surface area (Å²) in [6.45, 7) is 1.73. The van der Waals surface area contributed by atoms with E-state index in [1.54, 1.807) is 13.0 Å². The lowest BCUT2D eigenvalue weighted by molar-refractivity contribution is -0.385. The first kappa shape index (κ1) is 7.66. The predicted octanol–water partition coefficient (Wildman–Crippen LogP) is 0.946. The molecule has 2 aromatic rings. The molecule has 0 aliphatic heterocycles. The fourth-order valence-electron chi connectivity index (χ4n) is 1.09. The van der Waals surface area contributed by atoms with Crippen molar-refractivity contribution in [2.45, 2.75) is 6.92 Å². The maximum Gasteiger partial charge on any atom is 0.287 e. The summed E-state index contributed by atoms with van der Waals surface area (Å²) in [5.41, 5.74) is 0.625. The smallest absolute Gasteiger partial charge is 0.258 e. The quantitative estimate of drug-likeness (QED) is 0.481. The minimum atomic E-state index is -0.462. The molecule has 0 saturated heterocycles. The van der Waals surface area contributed by atoms with Gasteiger partial charge in [-0.25, -0.2) is 9.50 Å². The van der Waals surface area contributed by atoms with E-state index in [1.807, 2.05) is 0 Å². The number of hydrogen-bond donors (Lipinski definition) is 0. The summed E-state index contributed by atoms with van der Waals surface area (Å²) in [6.07, 6.45) is 1.34. The van der Waals surface area contributed by atoms with Crippen LogP contribution in [0.4, 0.5) is 5.69 Å². The van der Waals surface area contributed by atoms with Crippen molar-refractivity contribution in [1.29, 1.82) is 0 Å². The van der Waals surface area contributed by atoms with E-state index in [1.165, 1.54) is 16.8 Å². The van der Waals surface area contributed by atoms with Crippen LogP contribution in [0.1, 0.15) is 5.82 Å². The molecule has 0 radical (unpaired) electrons. The largest absolute Gasteiger partial charge is 0.287 e. The molecule has 66 valence electrons. The summed E-state index contributed by atoms with van der Waals surface area (Å²) in [7, 11) is 0. The van der Waals surface area contributed by atoms with Crippen LogP contribution in [0.25, 0.3) is 5.65 Å². The Morgan fingerprint density at radius 1 is 1.54 bits per heavy atom. The molecule has 0 unspecified atom stereocenters. The lowest BCUT2D eigenvalue weighted by Gasteiger charge is -1.90. The lowest BCUT2D eigenvalue weighted by atomic mass is 10.4. The first-order valence-corrected chi connectivity index (χ1v) is 3.64. The number of nitro groups is 1. The molecule has 6 nitrogen and oxygen atoms in total. The van der Waals surface area contributed by atoms with Gasteiger partial charge in [0, 0.05) is 6.07 Å². The molecule has 2 rings (SSSR count). The Balaban J connectivity index is 2.67. The molecule has 0 bridgehead atoms. The van der Waals surface area contributed by atoms with Crippen LogP contribution in [-0.4, -0.2) is 19.5 Å². The van der Waals surface area contributed by atoms with E-state index in [0.29, 0.717) is 11.5 Å². The Morgan fingerprint density at radius 3 is 3.00 bits per heavy atom. The van der Waals surface area contributed by atoms with E-state index in [0.717, 1.165) is 0 Å². The molecule has 13 heavy (non-hydrogen) atoms. The van der Waals surface area contributed by atoms with Gasteiger partial charge in [-0.1, -0.05) is 0 Å². The van der Waals surface area contributed by atoms with Crippen molar-refractivity contribution in [3.8, 4) is 0 Å². The average Bonchev–Trinajstić information content (AvgIpc) is 2.42. The number of aryl methyl sites for hydroxylation is 1. The summed E-state index contributed by atoms with van der Waals surface area (Å²) in [5, 5.41) is 14.4. The molecule has 0 amide bonds. The zero-order valence-corrected chi connectivity index (χ0v) is 6.84. The third-order valence-electron chi connectivity index (χ3n) is 1.63. The van der Waals surface area contributed by atoms with Gasteiger partial charge in [-0.2, -0.15) is 5.10 Å². The minimum absolute atomic E-state index is 0.0115. The van der Waals surface area contributed by atoms with Gasteiger partial charge >= 0.3 is 0 Å². The molecular formula is C7H6N4O2. The van der Waals surface area contributed by atoms with Gasteiger partial charge in [0.1, 0.15) is 12.0 Å². The van der Waals surface area contributed by atoms with Gasteiger partial charge in [0.25, 0.3) is 5.69 Å². The predicted molar refractivity (Wildman–Crippen MR) is 44.4 cm³/mol. The highest BCUT2D eigenvalue weighted by Crippen LogP contribution is 2.11. The molecule has 0 atom stereocenters. The monoisotopic (exact) mass is 178 g/mol. The second-order valence-electron chi connectivity index (χ2n) is 2.61. The SMILES string of the molecule is Cc1nc2ccc([N+](=O)[O-])cn2n1. The van der Waals surface area contributed by atoms with Gasteiger partial charge in [-0.05, 0) is 13.0 Å². The van der Waals surface area contributed by atoms with E-state index in [4.69, 9.17) is 0 Å². The molecule has 0 aliphatic rings. The summed E-state index contributed by atoms with van der Waals surface area (Å²) in [6, 6.07) is 2.97. The lowest BCUT2D eigenvalue weighted by Crippen LogP contribution is -1.92. The average molecular weight is 178 g/mol. The molecule has 0 aliphatic carbocycles. The minimum Gasteiger partial charge on any atom is -0.258 e. The van der Waals surface area contributed by atoms with Crippen molar-refractivity contribution in [3.63, 3.8) is 0 Å². The molecule has 0 fully saturated rings. The Hall–Kier alpha value is -1.98. The summed E-state index contributed by atoms with van der Waals surface area (Å²) in [5.74, 6) is 0.598. The Labute approximate surface area is 73.0 Å². The van der Waals surface area contributed by atoms with E-state index in [-0.39, 0.29) is 5.69 Å². The second-order valence-corrected chi connectivity index (χ2v) is 2.61. The van der Waals surface area contributed by atoms with Crippen LogP contribution in [0.5, 0.6) is 0 Å². The highest BCUT2D eigenvalue weighted by atomic mass is 16.6. The van der Waals surface area contributed by atoms with Crippen LogP contribution >= 0.6 is 0 Å². The highest BCUT2D eigenvalue weighted by molar-refractivity contribution is 5.42. The third-order valence-corrected chi connectivity index (χ3v) is 1.63. The zero-order chi connectivity index (χ0) is 9.42. The van der Waals surface area contributed by atoms with Gasteiger partial charge in [-0.3, -0.25) is 10.1 Å². The number of hydrogen-bond acceptors (Lipinski definition) is 4. The highest BCUT2D eigenvalue weighted by Gasteiger charge is 2.07.